The van der Waals surface area contributed by atoms with E-state index in [0.717, 1.165) is 5.56 Å². The molecule has 0 spiro atoms. The van der Waals surface area contributed by atoms with Gasteiger partial charge in [-0.15, -0.1) is 0 Å². The Labute approximate surface area is 140 Å². The number of hydrogen-bond donors (Lipinski definition) is 0. The molecular formula is C19H19NO4. The minimum absolute atomic E-state index is 0.316. The predicted octanol–water partition coefficient (Wildman–Crippen LogP) is 4.23. The molecule has 0 unspecified atom stereocenters. The van der Waals surface area contributed by atoms with Crippen LogP contribution in [0.4, 0.5) is 4.79 Å². The Hall–Kier alpha value is -2.95. The van der Waals surface area contributed by atoms with Crippen LogP contribution in [0.25, 0.3) is 0 Å². The number of nitrogens with zero attached hydrogens (tertiary/aromatic N) is 1. The van der Waals surface area contributed by atoms with Crippen molar-refractivity contribution in [2.24, 2.45) is 5.16 Å². The van der Waals surface area contributed by atoms with Crippen LogP contribution in [-0.4, -0.2) is 23.3 Å². The van der Waals surface area contributed by atoms with Crippen LogP contribution < -0.4 is 0 Å². The van der Waals surface area contributed by atoms with Gasteiger partial charge in [-0.05, 0) is 26.3 Å². The second kappa shape index (κ2) is 7.55. The van der Waals surface area contributed by atoms with Crippen molar-refractivity contribution >= 4 is 17.7 Å². The standard InChI is InChI=1S/C19H19NO4/c1-14(15-10-6-4-7-11-15)20-24-18(22)23-19(2,3)17(21)16-12-8-5-9-13-16/h4-13H,1-3H3/b20-14+. The van der Waals surface area contributed by atoms with Gasteiger partial charge in [-0.2, -0.15) is 0 Å². The maximum atomic E-state index is 12.4. The van der Waals surface area contributed by atoms with Crippen molar-refractivity contribution in [2.45, 2.75) is 26.4 Å². The van der Waals surface area contributed by atoms with Gasteiger partial charge < -0.3 is 4.74 Å². The van der Waals surface area contributed by atoms with Crippen molar-refractivity contribution in [3.63, 3.8) is 0 Å². The van der Waals surface area contributed by atoms with Gasteiger partial charge in [-0.3, -0.25) is 9.63 Å². The molecule has 0 heterocycles. The van der Waals surface area contributed by atoms with Crippen LogP contribution in [0.1, 0.15) is 36.7 Å². The van der Waals surface area contributed by atoms with E-state index in [9.17, 15) is 9.59 Å². The molecule has 0 N–H and O–H groups in total. The zero-order chi connectivity index (χ0) is 17.6. The first-order chi connectivity index (χ1) is 11.4. The number of hydrogen-bond acceptors (Lipinski definition) is 5. The van der Waals surface area contributed by atoms with Crippen LogP contribution in [0.3, 0.4) is 0 Å². The first kappa shape index (κ1) is 17.4. The van der Waals surface area contributed by atoms with Crippen molar-refractivity contribution in [3.05, 3.63) is 71.8 Å². The molecule has 0 atom stereocenters. The second-order valence-electron chi connectivity index (χ2n) is 5.69. The van der Waals surface area contributed by atoms with Gasteiger partial charge in [0, 0.05) is 5.56 Å². The molecule has 2 rings (SSSR count). The second-order valence-corrected chi connectivity index (χ2v) is 5.69. The molecule has 0 fully saturated rings. The summed E-state index contributed by atoms with van der Waals surface area (Å²) in [6.45, 7) is 4.73. The van der Waals surface area contributed by atoms with Crippen LogP contribution in [0.5, 0.6) is 0 Å². The highest BCUT2D eigenvalue weighted by atomic mass is 16.8. The highest BCUT2D eigenvalue weighted by molar-refractivity contribution is 6.02. The van der Waals surface area contributed by atoms with Gasteiger partial charge >= 0.3 is 6.16 Å². The third kappa shape index (κ3) is 4.52. The van der Waals surface area contributed by atoms with E-state index in [4.69, 9.17) is 9.57 Å². The normalized spacial score (nSPS) is 11.7. The quantitative estimate of drug-likeness (QED) is 0.271. The average molecular weight is 325 g/mol. The number of oxime groups is 1. The van der Waals surface area contributed by atoms with Crippen molar-refractivity contribution in [2.75, 3.05) is 0 Å². The van der Waals surface area contributed by atoms with E-state index in [1.165, 1.54) is 13.8 Å². The zero-order valence-corrected chi connectivity index (χ0v) is 13.9. The lowest BCUT2D eigenvalue weighted by Crippen LogP contribution is -2.37. The smallest absolute Gasteiger partial charge is 0.418 e. The van der Waals surface area contributed by atoms with E-state index in [0.29, 0.717) is 11.3 Å². The largest absolute Gasteiger partial charge is 0.536 e. The van der Waals surface area contributed by atoms with E-state index >= 15 is 0 Å². The summed E-state index contributed by atoms with van der Waals surface area (Å²) in [4.78, 5) is 29.0. The van der Waals surface area contributed by atoms with Gasteiger partial charge in [0.15, 0.2) is 5.60 Å². The van der Waals surface area contributed by atoms with E-state index in [2.05, 4.69) is 5.16 Å². The Morgan fingerprint density at radius 1 is 0.875 bits per heavy atom. The minimum atomic E-state index is -1.35. The van der Waals surface area contributed by atoms with Crippen molar-refractivity contribution in [3.8, 4) is 0 Å². The molecule has 0 aliphatic rings. The summed E-state index contributed by atoms with van der Waals surface area (Å²) in [5.41, 5.74) is 0.457. The lowest BCUT2D eigenvalue weighted by molar-refractivity contribution is -0.00721. The van der Waals surface area contributed by atoms with E-state index in [1.807, 2.05) is 30.3 Å². The maximum Gasteiger partial charge on any atom is 0.536 e. The molecule has 5 nitrogen and oxygen atoms in total. The molecule has 0 radical (unpaired) electrons. The van der Waals surface area contributed by atoms with Gasteiger partial charge in [0.25, 0.3) is 0 Å². The van der Waals surface area contributed by atoms with Crippen LogP contribution in [0.15, 0.2) is 65.8 Å². The SMILES string of the molecule is C/C(=N\OC(=O)OC(C)(C)C(=O)c1ccccc1)c1ccccc1. The van der Waals surface area contributed by atoms with Crippen LogP contribution >= 0.6 is 0 Å². The molecule has 0 aliphatic heterocycles. The summed E-state index contributed by atoms with van der Waals surface area (Å²) < 4.78 is 5.12. The molecule has 0 saturated carbocycles. The van der Waals surface area contributed by atoms with Gasteiger partial charge in [-0.1, -0.05) is 65.8 Å². The summed E-state index contributed by atoms with van der Waals surface area (Å²) in [6, 6.07) is 17.9. The van der Waals surface area contributed by atoms with Gasteiger partial charge in [0.1, 0.15) is 0 Å². The Kier molecular flexibility index (Phi) is 5.47. The fourth-order valence-corrected chi connectivity index (χ4v) is 2.05. The van der Waals surface area contributed by atoms with Crippen LogP contribution in [-0.2, 0) is 9.57 Å². The third-order valence-electron chi connectivity index (χ3n) is 3.37. The van der Waals surface area contributed by atoms with Crippen LogP contribution in [0.2, 0.25) is 0 Å². The number of ketones is 1. The lowest BCUT2D eigenvalue weighted by atomic mass is 9.97. The Morgan fingerprint density at radius 2 is 1.38 bits per heavy atom. The molecule has 0 saturated heterocycles. The first-order valence-corrected chi connectivity index (χ1v) is 7.50. The van der Waals surface area contributed by atoms with E-state index < -0.39 is 11.8 Å². The fourth-order valence-electron chi connectivity index (χ4n) is 2.05. The lowest BCUT2D eigenvalue weighted by Gasteiger charge is -2.22. The van der Waals surface area contributed by atoms with E-state index in [1.54, 1.807) is 37.3 Å². The predicted molar refractivity (Wildman–Crippen MR) is 91.1 cm³/mol. The summed E-state index contributed by atoms with van der Waals surface area (Å²) >= 11 is 0. The first-order valence-electron chi connectivity index (χ1n) is 7.50. The number of Topliss-reactive ketones (excluding diaryl/α,β-unsaturated/α-hetero) is 1. The van der Waals surface area contributed by atoms with Crippen molar-refractivity contribution in [1.82, 2.24) is 0 Å². The molecule has 24 heavy (non-hydrogen) atoms. The maximum absolute atomic E-state index is 12.4. The van der Waals surface area contributed by atoms with Gasteiger partial charge in [-0.25, -0.2) is 4.79 Å². The molecule has 2 aromatic carbocycles. The molecule has 0 aromatic heterocycles. The number of carbonyl (C=O) groups is 2. The highest BCUT2D eigenvalue weighted by Gasteiger charge is 2.33. The molecular weight excluding hydrogens is 306 g/mol. The average Bonchev–Trinajstić information content (AvgIpc) is 2.60. The highest BCUT2D eigenvalue weighted by Crippen LogP contribution is 2.18. The molecule has 0 bridgehead atoms. The number of rotatable bonds is 5. The third-order valence-corrected chi connectivity index (χ3v) is 3.37. The fraction of sp³-hybridized carbons (Fsp3) is 0.211. The Balaban J connectivity index is 1.99. The van der Waals surface area contributed by atoms with Crippen molar-refractivity contribution in [1.29, 1.82) is 0 Å². The monoisotopic (exact) mass is 325 g/mol. The molecule has 5 heteroatoms. The number of ether oxygens (including phenoxy) is 1. The van der Waals surface area contributed by atoms with Crippen LogP contribution in [0, 0.1) is 0 Å². The molecule has 0 aliphatic carbocycles. The molecule has 2 aromatic rings. The number of benzene rings is 2. The van der Waals surface area contributed by atoms with Crippen molar-refractivity contribution < 1.29 is 19.2 Å². The van der Waals surface area contributed by atoms with Gasteiger partial charge in [0.05, 0.1) is 5.71 Å². The molecule has 0 amide bonds. The summed E-state index contributed by atoms with van der Waals surface area (Å²) in [5.74, 6) is -0.316. The minimum Gasteiger partial charge on any atom is -0.418 e. The summed E-state index contributed by atoms with van der Waals surface area (Å²) in [5, 5.41) is 3.74. The summed E-state index contributed by atoms with van der Waals surface area (Å²) in [6.07, 6.45) is -1.03. The van der Waals surface area contributed by atoms with E-state index in [-0.39, 0.29) is 5.78 Å². The zero-order valence-electron chi connectivity index (χ0n) is 13.9. The topological polar surface area (TPSA) is 65.0 Å². The Bertz CT molecular complexity index is 736. The van der Waals surface area contributed by atoms with Gasteiger partial charge in [0.2, 0.25) is 5.78 Å². The Morgan fingerprint density at radius 3 is 1.92 bits per heavy atom. The number of carbonyl (C=O) groups excluding carboxylic acids is 2. The summed E-state index contributed by atoms with van der Waals surface area (Å²) in [7, 11) is 0. The molecule has 124 valence electrons.